The number of esters is 1. The Bertz CT molecular complexity index is 343. The lowest BCUT2D eigenvalue weighted by molar-refractivity contribution is -0.140. The quantitative estimate of drug-likeness (QED) is 0.124. The van der Waals surface area contributed by atoms with E-state index in [1.165, 1.54) is 123 Å². The molecule has 0 aliphatic heterocycles. The SMILES string of the molecule is CCCCCCCCCCCCCCC(O)CCCCCCCCCCC(=O)OC. The molecule has 1 unspecified atom stereocenters. The second-order valence-electron chi connectivity index (χ2n) is 9.27. The van der Waals surface area contributed by atoms with E-state index in [0.29, 0.717) is 6.42 Å². The maximum absolute atomic E-state index is 11.0. The van der Waals surface area contributed by atoms with Gasteiger partial charge < -0.3 is 9.84 Å². The van der Waals surface area contributed by atoms with E-state index < -0.39 is 0 Å². The molecule has 180 valence electrons. The van der Waals surface area contributed by atoms with Gasteiger partial charge in [-0.15, -0.1) is 0 Å². The van der Waals surface area contributed by atoms with Crippen molar-refractivity contribution in [1.82, 2.24) is 0 Å². The highest BCUT2D eigenvalue weighted by Crippen LogP contribution is 2.16. The zero-order valence-corrected chi connectivity index (χ0v) is 20.6. The summed E-state index contributed by atoms with van der Waals surface area (Å²) in [5, 5.41) is 10.1. The minimum absolute atomic E-state index is 0.0774. The van der Waals surface area contributed by atoms with Crippen LogP contribution in [0, 0.1) is 0 Å². The van der Waals surface area contributed by atoms with Crippen LogP contribution in [0.3, 0.4) is 0 Å². The molecule has 0 aromatic carbocycles. The van der Waals surface area contributed by atoms with Crippen molar-refractivity contribution < 1.29 is 14.6 Å². The fourth-order valence-electron chi connectivity index (χ4n) is 4.18. The van der Waals surface area contributed by atoms with Crippen molar-refractivity contribution in [2.24, 2.45) is 0 Å². The molecule has 3 nitrogen and oxygen atoms in total. The maximum atomic E-state index is 11.0. The number of aliphatic hydroxyl groups is 1. The summed E-state index contributed by atoms with van der Waals surface area (Å²) in [5.41, 5.74) is 0. The first-order valence-electron chi connectivity index (χ1n) is 13.5. The van der Waals surface area contributed by atoms with Crippen LogP contribution in [0.1, 0.15) is 155 Å². The molecule has 1 N–H and O–H groups in total. The number of carbonyl (C=O) groups is 1. The summed E-state index contributed by atoms with van der Waals surface area (Å²) in [6, 6.07) is 0. The summed E-state index contributed by atoms with van der Waals surface area (Å²) in [5.74, 6) is -0.0861. The molecule has 0 radical (unpaired) electrons. The standard InChI is InChI=1S/C27H54O3/c1-3-4-5-6-7-8-9-10-11-14-17-20-23-26(28)24-21-18-15-12-13-16-19-22-25-27(29)30-2/h26,28H,3-25H2,1-2H3. The normalized spacial score (nSPS) is 12.2. The van der Waals surface area contributed by atoms with Crippen LogP contribution >= 0.6 is 0 Å². The Kier molecular flexibility index (Phi) is 24.2. The lowest BCUT2D eigenvalue weighted by atomic mass is 10.0. The van der Waals surface area contributed by atoms with Crippen LogP contribution in [-0.4, -0.2) is 24.3 Å². The third kappa shape index (κ3) is 23.7. The monoisotopic (exact) mass is 426 g/mol. The first-order valence-corrected chi connectivity index (χ1v) is 13.5. The van der Waals surface area contributed by atoms with E-state index >= 15 is 0 Å². The molecule has 0 rings (SSSR count). The third-order valence-electron chi connectivity index (χ3n) is 6.29. The molecular formula is C27H54O3. The lowest BCUT2D eigenvalue weighted by Crippen LogP contribution is -2.05. The average Bonchev–Trinajstić information content (AvgIpc) is 2.75. The second kappa shape index (κ2) is 24.7. The Balaban J connectivity index is 3.17. The summed E-state index contributed by atoms with van der Waals surface area (Å²) in [6.07, 6.45) is 28.6. The van der Waals surface area contributed by atoms with E-state index in [1.807, 2.05) is 0 Å². The first kappa shape index (κ1) is 29.4. The van der Waals surface area contributed by atoms with Crippen LogP contribution in [0.4, 0.5) is 0 Å². The highest BCUT2D eigenvalue weighted by atomic mass is 16.5. The van der Waals surface area contributed by atoms with E-state index in [0.717, 1.165) is 25.7 Å². The molecule has 0 amide bonds. The topological polar surface area (TPSA) is 46.5 Å². The molecule has 0 saturated carbocycles. The Labute approximate surface area is 188 Å². The van der Waals surface area contributed by atoms with Crippen molar-refractivity contribution in [3.05, 3.63) is 0 Å². The summed E-state index contributed by atoms with van der Waals surface area (Å²) in [6.45, 7) is 2.28. The van der Waals surface area contributed by atoms with Gasteiger partial charge in [0.15, 0.2) is 0 Å². The molecule has 30 heavy (non-hydrogen) atoms. The highest BCUT2D eigenvalue weighted by Gasteiger charge is 2.04. The minimum atomic E-state index is -0.0861. The zero-order chi connectivity index (χ0) is 22.1. The zero-order valence-electron chi connectivity index (χ0n) is 20.6. The third-order valence-corrected chi connectivity index (χ3v) is 6.29. The predicted molar refractivity (Wildman–Crippen MR) is 130 cm³/mol. The Morgan fingerprint density at radius 1 is 0.600 bits per heavy atom. The van der Waals surface area contributed by atoms with Crippen molar-refractivity contribution in [3.8, 4) is 0 Å². The number of unbranched alkanes of at least 4 members (excludes halogenated alkanes) is 18. The van der Waals surface area contributed by atoms with Gasteiger partial charge in [0.05, 0.1) is 13.2 Å². The number of hydrogen-bond acceptors (Lipinski definition) is 3. The van der Waals surface area contributed by atoms with Crippen molar-refractivity contribution in [2.75, 3.05) is 7.11 Å². The molecule has 0 aromatic heterocycles. The van der Waals surface area contributed by atoms with Gasteiger partial charge in [0.2, 0.25) is 0 Å². The smallest absolute Gasteiger partial charge is 0.305 e. The summed E-state index contributed by atoms with van der Waals surface area (Å²) in [7, 11) is 1.46. The average molecular weight is 427 g/mol. The van der Waals surface area contributed by atoms with Crippen molar-refractivity contribution in [1.29, 1.82) is 0 Å². The molecule has 0 aromatic rings. The molecule has 0 heterocycles. The fraction of sp³-hybridized carbons (Fsp3) is 0.963. The fourth-order valence-corrected chi connectivity index (χ4v) is 4.18. The molecular weight excluding hydrogens is 372 g/mol. The van der Waals surface area contributed by atoms with E-state index in [4.69, 9.17) is 0 Å². The summed E-state index contributed by atoms with van der Waals surface area (Å²) in [4.78, 5) is 11.0. The predicted octanol–water partition coefficient (Wildman–Crippen LogP) is 8.51. The number of methoxy groups -OCH3 is 1. The van der Waals surface area contributed by atoms with Gasteiger partial charge in [0.25, 0.3) is 0 Å². The first-order chi connectivity index (χ1) is 14.7. The van der Waals surface area contributed by atoms with E-state index in [9.17, 15) is 9.90 Å². The van der Waals surface area contributed by atoms with Crippen LogP contribution in [-0.2, 0) is 9.53 Å². The Hall–Kier alpha value is -0.570. The highest BCUT2D eigenvalue weighted by molar-refractivity contribution is 5.68. The Morgan fingerprint density at radius 2 is 0.933 bits per heavy atom. The van der Waals surface area contributed by atoms with Gasteiger partial charge in [0.1, 0.15) is 0 Å². The van der Waals surface area contributed by atoms with Gasteiger partial charge >= 0.3 is 5.97 Å². The lowest BCUT2D eigenvalue weighted by Gasteiger charge is -2.10. The van der Waals surface area contributed by atoms with Crippen molar-refractivity contribution >= 4 is 5.97 Å². The molecule has 0 aliphatic carbocycles. The minimum Gasteiger partial charge on any atom is -0.469 e. The van der Waals surface area contributed by atoms with Crippen LogP contribution in [0.25, 0.3) is 0 Å². The van der Waals surface area contributed by atoms with Crippen LogP contribution in [0.5, 0.6) is 0 Å². The number of aliphatic hydroxyl groups excluding tert-OH is 1. The van der Waals surface area contributed by atoms with Crippen LogP contribution < -0.4 is 0 Å². The molecule has 3 heteroatoms. The van der Waals surface area contributed by atoms with Gasteiger partial charge in [-0.1, -0.05) is 129 Å². The number of hydrogen-bond donors (Lipinski definition) is 1. The van der Waals surface area contributed by atoms with E-state index in [1.54, 1.807) is 0 Å². The van der Waals surface area contributed by atoms with Crippen molar-refractivity contribution in [2.45, 2.75) is 161 Å². The summed E-state index contributed by atoms with van der Waals surface area (Å²) < 4.78 is 4.65. The van der Waals surface area contributed by atoms with E-state index in [-0.39, 0.29) is 12.1 Å². The van der Waals surface area contributed by atoms with Crippen LogP contribution in [0.2, 0.25) is 0 Å². The number of ether oxygens (including phenoxy) is 1. The second-order valence-corrected chi connectivity index (χ2v) is 9.27. The molecule has 0 saturated heterocycles. The van der Waals surface area contributed by atoms with Crippen LogP contribution in [0.15, 0.2) is 0 Å². The van der Waals surface area contributed by atoms with Gasteiger partial charge in [-0.25, -0.2) is 0 Å². The van der Waals surface area contributed by atoms with E-state index in [2.05, 4.69) is 11.7 Å². The van der Waals surface area contributed by atoms with Crippen molar-refractivity contribution in [3.63, 3.8) is 0 Å². The summed E-state index contributed by atoms with van der Waals surface area (Å²) >= 11 is 0. The van der Waals surface area contributed by atoms with Gasteiger partial charge in [-0.3, -0.25) is 4.79 Å². The number of rotatable bonds is 24. The Morgan fingerprint density at radius 3 is 1.30 bits per heavy atom. The molecule has 0 spiro atoms. The van der Waals surface area contributed by atoms with Gasteiger partial charge in [-0.2, -0.15) is 0 Å². The van der Waals surface area contributed by atoms with Gasteiger partial charge in [0, 0.05) is 6.42 Å². The molecule has 0 aliphatic rings. The molecule has 0 bridgehead atoms. The largest absolute Gasteiger partial charge is 0.469 e. The number of carbonyl (C=O) groups excluding carboxylic acids is 1. The molecule has 1 atom stereocenters. The molecule has 0 fully saturated rings. The van der Waals surface area contributed by atoms with Gasteiger partial charge in [-0.05, 0) is 19.3 Å². The maximum Gasteiger partial charge on any atom is 0.305 e.